The fourth-order valence-electron chi connectivity index (χ4n) is 5.40. The Kier molecular flexibility index (Phi) is 24.2. The van der Waals surface area contributed by atoms with Crippen molar-refractivity contribution in [2.45, 2.75) is 165 Å². The van der Waals surface area contributed by atoms with Gasteiger partial charge in [0.25, 0.3) is 0 Å². The second-order valence-electron chi connectivity index (χ2n) is 11.5. The number of hydrogen-bond donors (Lipinski definition) is 0. The van der Waals surface area contributed by atoms with Gasteiger partial charge in [0.05, 0.1) is 0 Å². The summed E-state index contributed by atoms with van der Waals surface area (Å²) in [5, 5.41) is 26.2. The van der Waals surface area contributed by atoms with E-state index < -0.39 is 0 Å². The molecule has 0 N–H and O–H groups in total. The van der Waals surface area contributed by atoms with Crippen LogP contribution in [0.25, 0.3) is 0 Å². The van der Waals surface area contributed by atoms with Crippen LogP contribution >= 0.6 is 11.8 Å². The van der Waals surface area contributed by atoms with Crippen molar-refractivity contribution in [1.29, 1.82) is 0 Å². The van der Waals surface area contributed by atoms with Gasteiger partial charge in [0.1, 0.15) is 0 Å². The first-order chi connectivity index (χ1) is 19.2. The Morgan fingerprint density at radius 3 is 1.07 bits per heavy atom. The van der Waals surface area contributed by atoms with Crippen molar-refractivity contribution >= 4 is 60.6 Å². The molecule has 0 aliphatic rings. The van der Waals surface area contributed by atoms with Gasteiger partial charge in [0.15, 0.2) is 0 Å². The topological polar surface area (TPSA) is 46.1 Å². The summed E-state index contributed by atoms with van der Waals surface area (Å²) in [4.78, 5) is 1.38. The molecule has 2 rings (SSSR count). The summed E-state index contributed by atoms with van der Waals surface area (Å²) in [6, 6.07) is 11.7. The van der Waals surface area contributed by atoms with Gasteiger partial charge in [-0.1, -0.05) is 188 Å². The molecule has 0 saturated heterocycles. The van der Waals surface area contributed by atoms with E-state index in [1.807, 2.05) is 36.4 Å². The molecule has 220 valence electrons. The smallest absolute Gasteiger partial charge is 0.872 e. The zero-order chi connectivity index (χ0) is 28.0. The molecule has 2 nitrogen and oxygen atoms in total. The molecule has 0 aromatic heterocycles. The van der Waals surface area contributed by atoms with Gasteiger partial charge in [-0.2, -0.15) is 0 Å². The quantitative estimate of drug-likeness (QED) is 0.0814. The maximum Gasteiger partial charge on any atom is 2.00 e. The monoisotopic (exact) mass is 690 g/mol. The van der Waals surface area contributed by atoms with Gasteiger partial charge in [-0.25, -0.2) is 0 Å². The number of rotatable bonds is 24. The van der Waals surface area contributed by atoms with E-state index >= 15 is 0 Å². The Hall–Kier alpha value is -0.0386. The molecule has 0 fully saturated rings. The van der Waals surface area contributed by atoms with Crippen molar-refractivity contribution in [2.75, 3.05) is 0 Å². The van der Waals surface area contributed by atoms with Gasteiger partial charge in [0.2, 0.25) is 0 Å². The summed E-state index contributed by atoms with van der Waals surface area (Å²) in [7, 11) is 0. The van der Waals surface area contributed by atoms with E-state index in [0.29, 0.717) is 9.79 Å². The third-order valence-electron chi connectivity index (χ3n) is 7.94. The maximum absolute atomic E-state index is 13.1. The van der Waals surface area contributed by atoms with Crippen LogP contribution < -0.4 is 10.2 Å². The average Bonchev–Trinajstić information content (AvgIpc) is 2.94. The van der Waals surface area contributed by atoms with Gasteiger partial charge in [0, 0.05) is 9.79 Å². The third-order valence-corrected chi connectivity index (χ3v) is 9.02. The number of unbranched alkanes of at least 4 members (excludes halogenated alkanes) is 18. The molecule has 0 radical (unpaired) electrons. The van der Waals surface area contributed by atoms with Crippen LogP contribution in [0, 0.1) is 0 Å². The van der Waals surface area contributed by atoms with Gasteiger partial charge in [-0.15, -0.1) is 0 Å². The molecule has 0 unspecified atom stereocenters. The Morgan fingerprint density at radius 2 is 0.750 bits per heavy atom. The molecular formula is C36H56BaO2S. The largest absolute Gasteiger partial charge is 2.00 e. The minimum Gasteiger partial charge on any atom is -0.872 e. The van der Waals surface area contributed by atoms with Crippen molar-refractivity contribution in [3.05, 3.63) is 47.5 Å². The summed E-state index contributed by atoms with van der Waals surface area (Å²) in [6.45, 7) is 4.53. The molecular weight excluding hydrogens is 634 g/mol. The molecule has 0 spiro atoms. The van der Waals surface area contributed by atoms with E-state index in [0.717, 1.165) is 36.8 Å². The first-order valence-corrected chi connectivity index (χ1v) is 17.2. The molecule has 0 aliphatic heterocycles. The van der Waals surface area contributed by atoms with E-state index in [-0.39, 0.29) is 60.4 Å². The molecule has 0 heterocycles. The second kappa shape index (κ2) is 25.5. The average molecular weight is 690 g/mol. The zero-order valence-electron chi connectivity index (χ0n) is 26.0. The minimum atomic E-state index is 0. The van der Waals surface area contributed by atoms with Crippen LogP contribution in [0.2, 0.25) is 0 Å². The van der Waals surface area contributed by atoms with E-state index in [1.165, 1.54) is 127 Å². The standard InChI is InChI=1S/C36H58O2S.Ba/c1-3-5-7-9-11-13-15-17-19-21-25-31-27-23-29-33(35(31)37)39-34-30-24-28-32(36(34)38)26-22-20-18-16-14-12-10-8-6-4-2;/h23-24,27-30,37-38H,3-22,25-26H2,1-2H3;/q;+2/p-2. The Morgan fingerprint density at radius 1 is 0.450 bits per heavy atom. The maximum atomic E-state index is 13.1. The SMILES string of the molecule is CCCCCCCCCCCCc1cccc(Sc2cccc(CCCCCCCCCCCC)c2[O-])c1[O-].[Ba+2]. The van der Waals surface area contributed by atoms with Crippen LogP contribution in [0.5, 0.6) is 11.5 Å². The molecule has 0 saturated carbocycles. The Bertz CT molecular complexity index is 814. The summed E-state index contributed by atoms with van der Waals surface area (Å²) < 4.78 is 0. The molecule has 2 aromatic rings. The number of aryl methyl sites for hydroxylation is 2. The molecule has 40 heavy (non-hydrogen) atoms. The summed E-state index contributed by atoms with van der Waals surface area (Å²) in [5.41, 5.74) is 1.79. The van der Waals surface area contributed by atoms with Crippen molar-refractivity contribution in [1.82, 2.24) is 0 Å². The predicted octanol–water partition coefficient (Wildman–Crippen LogP) is 10.5. The number of benzene rings is 2. The van der Waals surface area contributed by atoms with Gasteiger partial charge in [-0.05, 0) is 37.8 Å². The van der Waals surface area contributed by atoms with E-state index in [4.69, 9.17) is 0 Å². The van der Waals surface area contributed by atoms with Crippen LogP contribution in [0.1, 0.15) is 153 Å². The van der Waals surface area contributed by atoms with Crippen LogP contribution in [0.3, 0.4) is 0 Å². The zero-order valence-corrected chi connectivity index (χ0v) is 31.2. The van der Waals surface area contributed by atoms with Crippen molar-refractivity contribution in [3.63, 3.8) is 0 Å². The molecule has 0 amide bonds. The fourth-order valence-corrected chi connectivity index (χ4v) is 6.38. The van der Waals surface area contributed by atoms with E-state index in [2.05, 4.69) is 13.8 Å². The van der Waals surface area contributed by atoms with E-state index in [9.17, 15) is 10.2 Å². The molecule has 4 heteroatoms. The van der Waals surface area contributed by atoms with Gasteiger partial charge in [-0.3, -0.25) is 0 Å². The van der Waals surface area contributed by atoms with Crippen molar-refractivity contribution in [3.8, 4) is 11.5 Å². The summed E-state index contributed by atoms with van der Waals surface area (Å²) >= 11 is 1.36. The van der Waals surface area contributed by atoms with Crippen LogP contribution in [0.15, 0.2) is 46.2 Å². The second-order valence-corrected chi connectivity index (χ2v) is 12.5. The van der Waals surface area contributed by atoms with Crippen molar-refractivity contribution in [2.24, 2.45) is 0 Å². The Balaban J connectivity index is 0.00000800. The predicted molar refractivity (Wildman–Crippen MR) is 173 cm³/mol. The van der Waals surface area contributed by atoms with Crippen molar-refractivity contribution < 1.29 is 10.2 Å². The van der Waals surface area contributed by atoms with Gasteiger partial charge >= 0.3 is 48.9 Å². The molecule has 0 atom stereocenters. The third kappa shape index (κ3) is 16.6. The first kappa shape index (κ1) is 38.0. The first-order valence-electron chi connectivity index (χ1n) is 16.4. The van der Waals surface area contributed by atoms with Crippen LogP contribution in [0.4, 0.5) is 0 Å². The number of para-hydroxylation sites is 2. The van der Waals surface area contributed by atoms with Gasteiger partial charge < -0.3 is 10.2 Å². The molecule has 2 aromatic carbocycles. The minimum absolute atomic E-state index is 0. The summed E-state index contributed by atoms with van der Waals surface area (Å²) in [5.74, 6) is 0.218. The Labute approximate surface area is 292 Å². The van der Waals surface area contributed by atoms with E-state index in [1.54, 1.807) is 0 Å². The van der Waals surface area contributed by atoms with Crippen LogP contribution in [-0.4, -0.2) is 48.9 Å². The van der Waals surface area contributed by atoms with Crippen LogP contribution in [-0.2, 0) is 12.8 Å². The normalized spacial score (nSPS) is 11.1. The molecule has 0 aliphatic carbocycles. The number of hydrogen-bond acceptors (Lipinski definition) is 3. The molecule has 0 bridgehead atoms. The fraction of sp³-hybridized carbons (Fsp3) is 0.667. The summed E-state index contributed by atoms with van der Waals surface area (Å²) in [6.07, 6.45) is 27.7.